The molecule has 1 atom stereocenters. The molecule has 0 aliphatic heterocycles. The number of imidazole rings is 1. The van der Waals surface area contributed by atoms with Crippen LogP contribution in [0.2, 0.25) is 0 Å². The quantitative estimate of drug-likeness (QED) is 0.871. The number of aryl methyl sites for hydroxylation is 1. The Labute approximate surface area is 107 Å². The topological polar surface area (TPSA) is 60.9 Å². The summed E-state index contributed by atoms with van der Waals surface area (Å²) in [5, 5.41) is 0. The number of hydrogen-bond acceptors (Lipinski definition) is 3. The fourth-order valence-electron chi connectivity index (χ4n) is 2.09. The number of para-hydroxylation sites is 2. The van der Waals surface area contributed by atoms with E-state index in [0.29, 0.717) is 13.0 Å². The van der Waals surface area contributed by atoms with Gasteiger partial charge in [0.1, 0.15) is 11.6 Å². The SMILES string of the molecule is CC(CCN)C(=O)Cc1nc2ccccc2n1C. The zero-order valence-electron chi connectivity index (χ0n) is 10.9. The Bertz CT molecular complexity index is 559. The number of fused-ring (bicyclic) bond motifs is 1. The van der Waals surface area contributed by atoms with E-state index in [-0.39, 0.29) is 11.7 Å². The van der Waals surface area contributed by atoms with Crippen molar-refractivity contribution in [3.8, 4) is 0 Å². The average Bonchev–Trinajstić information content (AvgIpc) is 2.67. The standard InChI is InChI=1S/C14H19N3O/c1-10(7-8-15)13(18)9-14-16-11-5-3-4-6-12(11)17(14)2/h3-6,10H,7-9,15H2,1-2H3. The van der Waals surface area contributed by atoms with E-state index >= 15 is 0 Å². The van der Waals surface area contributed by atoms with E-state index in [9.17, 15) is 4.79 Å². The van der Waals surface area contributed by atoms with Crippen LogP contribution in [0.15, 0.2) is 24.3 Å². The van der Waals surface area contributed by atoms with Gasteiger partial charge in [0.05, 0.1) is 17.5 Å². The number of hydrogen-bond donors (Lipinski definition) is 1. The second-order valence-electron chi connectivity index (χ2n) is 4.70. The van der Waals surface area contributed by atoms with Crippen molar-refractivity contribution in [1.82, 2.24) is 9.55 Å². The van der Waals surface area contributed by atoms with Crippen LogP contribution < -0.4 is 5.73 Å². The first-order valence-corrected chi connectivity index (χ1v) is 6.26. The largest absolute Gasteiger partial charge is 0.331 e. The van der Waals surface area contributed by atoms with Crippen LogP contribution in [0.4, 0.5) is 0 Å². The van der Waals surface area contributed by atoms with E-state index in [1.54, 1.807) is 0 Å². The number of nitrogens with zero attached hydrogens (tertiary/aromatic N) is 2. The fraction of sp³-hybridized carbons (Fsp3) is 0.429. The van der Waals surface area contributed by atoms with E-state index in [1.807, 2.05) is 42.8 Å². The minimum Gasteiger partial charge on any atom is -0.331 e. The number of carbonyl (C=O) groups excluding carboxylic acids is 1. The van der Waals surface area contributed by atoms with Gasteiger partial charge in [-0.2, -0.15) is 0 Å². The van der Waals surface area contributed by atoms with Crippen molar-refractivity contribution >= 4 is 16.8 Å². The highest BCUT2D eigenvalue weighted by atomic mass is 16.1. The summed E-state index contributed by atoms with van der Waals surface area (Å²) in [6.45, 7) is 2.48. The van der Waals surface area contributed by atoms with Crippen molar-refractivity contribution in [2.75, 3.05) is 6.54 Å². The normalized spacial score (nSPS) is 12.8. The molecule has 0 aliphatic rings. The highest BCUT2D eigenvalue weighted by molar-refractivity contribution is 5.84. The Morgan fingerprint density at radius 3 is 2.83 bits per heavy atom. The Morgan fingerprint density at radius 2 is 2.17 bits per heavy atom. The maximum Gasteiger partial charge on any atom is 0.143 e. The van der Waals surface area contributed by atoms with E-state index in [1.165, 1.54) is 0 Å². The molecule has 0 saturated heterocycles. The number of ketones is 1. The van der Waals surface area contributed by atoms with E-state index in [2.05, 4.69) is 4.98 Å². The van der Waals surface area contributed by atoms with Crippen LogP contribution in [0.5, 0.6) is 0 Å². The predicted octanol–water partition coefficient (Wildman–Crippen LogP) is 1.67. The molecule has 18 heavy (non-hydrogen) atoms. The molecule has 0 spiro atoms. The van der Waals surface area contributed by atoms with Gasteiger partial charge in [-0.15, -0.1) is 0 Å². The second kappa shape index (κ2) is 5.31. The molecule has 2 N–H and O–H groups in total. The van der Waals surface area contributed by atoms with Gasteiger partial charge >= 0.3 is 0 Å². The Morgan fingerprint density at radius 1 is 1.44 bits per heavy atom. The van der Waals surface area contributed by atoms with Gasteiger partial charge in [-0.1, -0.05) is 19.1 Å². The molecule has 1 aromatic heterocycles. The van der Waals surface area contributed by atoms with Gasteiger partial charge in [0.15, 0.2) is 0 Å². The van der Waals surface area contributed by atoms with Crippen molar-refractivity contribution < 1.29 is 4.79 Å². The van der Waals surface area contributed by atoms with Gasteiger partial charge < -0.3 is 10.3 Å². The summed E-state index contributed by atoms with van der Waals surface area (Å²) in [4.78, 5) is 16.5. The molecule has 0 bridgehead atoms. The van der Waals surface area contributed by atoms with Crippen molar-refractivity contribution in [3.63, 3.8) is 0 Å². The predicted molar refractivity (Wildman–Crippen MR) is 72.3 cm³/mol. The first kappa shape index (κ1) is 12.8. The average molecular weight is 245 g/mol. The third kappa shape index (κ3) is 2.43. The molecule has 0 fully saturated rings. The molecule has 96 valence electrons. The number of carbonyl (C=O) groups is 1. The zero-order valence-corrected chi connectivity index (χ0v) is 10.9. The van der Waals surface area contributed by atoms with Crippen LogP contribution in [0.25, 0.3) is 11.0 Å². The van der Waals surface area contributed by atoms with Crippen LogP contribution in [0.3, 0.4) is 0 Å². The van der Waals surface area contributed by atoms with Crippen LogP contribution in [0, 0.1) is 5.92 Å². The van der Waals surface area contributed by atoms with Gasteiger partial charge in [-0.3, -0.25) is 4.79 Å². The highest BCUT2D eigenvalue weighted by Gasteiger charge is 2.16. The van der Waals surface area contributed by atoms with Crippen LogP contribution in [-0.4, -0.2) is 21.9 Å². The lowest BCUT2D eigenvalue weighted by atomic mass is 10.00. The molecule has 0 radical (unpaired) electrons. The van der Waals surface area contributed by atoms with Crippen LogP contribution >= 0.6 is 0 Å². The lowest BCUT2D eigenvalue weighted by Crippen LogP contribution is -2.19. The fourth-order valence-corrected chi connectivity index (χ4v) is 2.09. The summed E-state index contributed by atoms with van der Waals surface area (Å²) < 4.78 is 1.99. The third-order valence-electron chi connectivity index (χ3n) is 3.36. The third-order valence-corrected chi connectivity index (χ3v) is 3.36. The van der Waals surface area contributed by atoms with Crippen molar-refractivity contribution in [1.29, 1.82) is 0 Å². The molecule has 0 saturated carbocycles. The molecule has 0 aliphatic carbocycles. The first-order chi connectivity index (χ1) is 8.63. The Kier molecular flexibility index (Phi) is 3.77. The molecule has 1 heterocycles. The van der Waals surface area contributed by atoms with Gasteiger partial charge in [-0.25, -0.2) is 4.98 Å². The van der Waals surface area contributed by atoms with Gasteiger partial charge in [0.25, 0.3) is 0 Å². The molecular weight excluding hydrogens is 226 g/mol. The number of benzene rings is 1. The van der Waals surface area contributed by atoms with Crippen molar-refractivity contribution in [2.45, 2.75) is 19.8 Å². The minimum atomic E-state index is 0.00909. The molecule has 1 aromatic carbocycles. The molecule has 2 rings (SSSR count). The molecule has 1 unspecified atom stereocenters. The lowest BCUT2D eigenvalue weighted by molar-refractivity contribution is -0.122. The molecule has 0 amide bonds. The Balaban J connectivity index is 2.22. The molecule has 2 aromatic rings. The van der Waals surface area contributed by atoms with E-state index < -0.39 is 0 Å². The maximum absolute atomic E-state index is 12.0. The maximum atomic E-state index is 12.0. The summed E-state index contributed by atoms with van der Waals surface area (Å²) in [5.74, 6) is 1.04. The van der Waals surface area contributed by atoms with Gasteiger partial charge in [0, 0.05) is 13.0 Å². The van der Waals surface area contributed by atoms with E-state index in [4.69, 9.17) is 5.73 Å². The molecule has 4 heteroatoms. The first-order valence-electron chi connectivity index (χ1n) is 6.26. The van der Waals surface area contributed by atoms with Crippen molar-refractivity contribution in [2.24, 2.45) is 18.7 Å². The van der Waals surface area contributed by atoms with Crippen LogP contribution in [0.1, 0.15) is 19.2 Å². The summed E-state index contributed by atoms with van der Waals surface area (Å²) in [6.07, 6.45) is 1.12. The summed E-state index contributed by atoms with van der Waals surface area (Å²) in [7, 11) is 1.95. The van der Waals surface area contributed by atoms with E-state index in [0.717, 1.165) is 23.3 Å². The number of Topliss-reactive ketones (excluding diaryl/α,β-unsaturated/α-hetero) is 1. The summed E-state index contributed by atoms with van der Waals surface area (Å²) in [5.41, 5.74) is 7.48. The summed E-state index contributed by atoms with van der Waals surface area (Å²) >= 11 is 0. The summed E-state index contributed by atoms with van der Waals surface area (Å²) in [6, 6.07) is 7.91. The zero-order chi connectivity index (χ0) is 13.1. The number of rotatable bonds is 5. The van der Waals surface area contributed by atoms with Crippen molar-refractivity contribution in [3.05, 3.63) is 30.1 Å². The molecular formula is C14H19N3O. The highest BCUT2D eigenvalue weighted by Crippen LogP contribution is 2.16. The lowest BCUT2D eigenvalue weighted by Gasteiger charge is -2.08. The smallest absolute Gasteiger partial charge is 0.143 e. The van der Waals surface area contributed by atoms with Gasteiger partial charge in [0.2, 0.25) is 0 Å². The van der Waals surface area contributed by atoms with Crippen LogP contribution in [-0.2, 0) is 18.3 Å². The number of nitrogens with two attached hydrogens (primary N) is 1. The monoisotopic (exact) mass is 245 g/mol. The number of aromatic nitrogens is 2. The Hall–Kier alpha value is -1.68. The minimum absolute atomic E-state index is 0.00909. The van der Waals surface area contributed by atoms with Gasteiger partial charge in [-0.05, 0) is 25.1 Å². The second-order valence-corrected chi connectivity index (χ2v) is 4.70. The molecule has 4 nitrogen and oxygen atoms in total.